The smallest absolute Gasteiger partial charge is 0.336 e. The molecule has 0 saturated heterocycles. The lowest BCUT2D eigenvalue weighted by Crippen LogP contribution is -2.15. The second kappa shape index (κ2) is 7.55. The highest BCUT2D eigenvalue weighted by Gasteiger charge is 2.10. The van der Waals surface area contributed by atoms with Crippen LogP contribution >= 0.6 is 0 Å². The molecule has 3 N–H and O–H groups in total. The fourth-order valence-corrected chi connectivity index (χ4v) is 2.42. The third-order valence-corrected chi connectivity index (χ3v) is 3.51. The Hall–Kier alpha value is -2.20. The van der Waals surface area contributed by atoms with Crippen LogP contribution in [0.3, 0.4) is 0 Å². The minimum atomic E-state index is -0.891. The average molecular weight is 284 g/mol. The molecular weight excluding hydrogens is 264 g/mol. The lowest BCUT2D eigenvalue weighted by atomic mass is 9.99. The van der Waals surface area contributed by atoms with Crippen LogP contribution in [0.15, 0.2) is 36.4 Å². The van der Waals surface area contributed by atoms with Gasteiger partial charge in [-0.25, -0.2) is 4.79 Å². The Morgan fingerprint density at radius 2 is 1.90 bits per heavy atom. The van der Waals surface area contributed by atoms with Crippen LogP contribution < -0.4 is 5.32 Å². The van der Waals surface area contributed by atoms with Gasteiger partial charge in [0.1, 0.15) is 0 Å². The highest BCUT2D eigenvalue weighted by molar-refractivity contribution is 6.04. The fraction of sp³-hybridized carbons (Fsp3) is 0.294. The molecule has 21 heavy (non-hydrogen) atoms. The zero-order valence-electron chi connectivity index (χ0n) is 11.9. The van der Waals surface area contributed by atoms with Crippen LogP contribution in [0.5, 0.6) is 0 Å². The van der Waals surface area contributed by atoms with Crippen molar-refractivity contribution in [2.45, 2.75) is 25.8 Å². The Bertz CT molecular complexity index is 638. The number of carbonyl (C=O) groups is 1. The maximum absolute atomic E-state index is 11.3. The molecule has 4 nitrogen and oxygen atoms in total. The van der Waals surface area contributed by atoms with E-state index in [4.69, 9.17) is 5.41 Å². The molecule has 0 heterocycles. The van der Waals surface area contributed by atoms with Gasteiger partial charge >= 0.3 is 5.97 Å². The standard InChI is InChI=1S/C17H20N2O2/c18-10-4-1-5-11-19-12-13-8-9-16(17(20)21)15-7-3-2-6-14(13)15/h2-3,6-10,18-19H,1,4-5,11-12H2,(H,20,21). The molecule has 2 aromatic carbocycles. The van der Waals surface area contributed by atoms with Crippen LogP contribution in [0.2, 0.25) is 0 Å². The molecule has 0 radical (unpaired) electrons. The van der Waals surface area contributed by atoms with E-state index in [0.29, 0.717) is 5.56 Å². The molecule has 0 atom stereocenters. The van der Waals surface area contributed by atoms with Gasteiger partial charge in [-0.05, 0) is 54.4 Å². The van der Waals surface area contributed by atoms with Gasteiger partial charge in [-0.3, -0.25) is 0 Å². The van der Waals surface area contributed by atoms with Crippen molar-refractivity contribution in [2.75, 3.05) is 6.54 Å². The van der Waals surface area contributed by atoms with Crippen molar-refractivity contribution in [1.29, 1.82) is 5.41 Å². The highest BCUT2D eigenvalue weighted by atomic mass is 16.4. The van der Waals surface area contributed by atoms with Crippen LogP contribution in [0, 0.1) is 5.41 Å². The van der Waals surface area contributed by atoms with Gasteiger partial charge in [0.15, 0.2) is 0 Å². The van der Waals surface area contributed by atoms with Crippen molar-refractivity contribution in [2.24, 2.45) is 0 Å². The van der Waals surface area contributed by atoms with E-state index in [1.165, 1.54) is 6.21 Å². The number of rotatable bonds is 8. The van der Waals surface area contributed by atoms with Crippen molar-refractivity contribution >= 4 is 23.0 Å². The van der Waals surface area contributed by atoms with E-state index in [-0.39, 0.29) is 0 Å². The number of hydrogen-bond acceptors (Lipinski definition) is 3. The number of unbranched alkanes of at least 4 members (excludes halogenated alkanes) is 2. The number of carboxylic acid groups (broad SMARTS) is 1. The van der Waals surface area contributed by atoms with E-state index < -0.39 is 5.97 Å². The molecule has 2 aromatic rings. The lowest BCUT2D eigenvalue weighted by Gasteiger charge is -2.10. The summed E-state index contributed by atoms with van der Waals surface area (Å²) in [4.78, 5) is 11.3. The van der Waals surface area contributed by atoms with Gasteiger partial charge in [0, 0.05) is 6.54 Å². The number of benzene rings is 2. The number of nitrogens with one attached hydrogen (secondary N) is 2. The predicted octanol–water partition coefficient (Wildman–Crippen LogP) is 3.45. The van der Waals surface area contributed by atoms with Crippen molar-refractivity contribution in [3.8, 4) is 0 Å². The number of carboxylic acids is 1. The quantitative estimate of drug-likeness (QED) is 0.513. The van der Waals surface area contributed by atoms with Gasteiger partial charge in [-0.15, -0.1) is 0 Å². The molecule has 4 heteroatoms. The molecule has 0 aromatic heterocycles. The zero-order chi connectivity index (χ0) is 15.1. The first kappa shape index (κ1) is 15.2. The molecule has 110 valence electrons. The largest absolute Gasteiger partial charge is 0.478 e. The van der Waals surface area contributed by atoms with Crippen molar-refractivity contribution < 1.29 is 9.90 Å². The molecule has 0 fully saturated rings. The van der Waals surface area contributed by atoms with Crippen molar-refractivity contribution in [3.63, 3.8) is 0 Å². The third kappa shape index (κ3) is 3.89. The van der Waals surface area contributed by atoms with Crippen LogP contribution in [0.25, 0.3) is 10.8 Å². The van der Waals surface area contributed by atoms with E-state index >= 15 is 0 Å². The molecule has 0 amide bonds. The molecule has 0 spiro atoms. The number of aromatic carboxylic acids is 1. The SMILES string of the molecule is N=CCCCCNCc1ccc(C(=O)O)c2ccccc12. The van der Waals surface area contributed by atoms with E-state index in [9.17, 15) is 9.90 Å². The summed E-state index contributed by atoms with van der Waals surface area (Å²) in [5, 5.41) is 21.4. The van der Waals surface area contributed by atoms with Gasteiger partial charge in [-0.1, -0.05) is 30.3 Å². The first-order valence-electron chi connectivity index (χ1n) is 7.17. The summed E-state index contributed by atoms with van der Waals surface area (Å²) in [5.41, 5.74) is 1.46. The summed E-state index contributed by atoms with van der Waals surface area (Å²) in [7, 11) is 0. The second-order valence-corrected chi connectivity index (χ2v) is 5.00. The van der Waals surface area contributed by atoms with E-state index in [2.05, 4.69) is 5.32 Å². The summed E-state index contributed by atoms with van der Waals surface area (Å²) in [6.45, 7) is 1.63. The van der Waals surface area contributed by atoms with Gasteiger partial charge in [-0.2, -0.15) is 0 Å². The van der Waals surface area contributed by atoms with E-state index in [1.54, 1.807) is 6.07 Å². The Balaban J connectivity index is 2.09. The molecule has 0 aliphatic heterocycles. The van der Waals surface area contributed by atoms with E-state index in [0.717, 1.165) is 48.7 Å². The molecule has 0 aliphatic carbocycles. The summed E-state index contributed by atoms with van der Waals surface area (Å²) in [6.07, 6.45) is 4.34. The minimum Gasteiger partial charge on any atom is -0.478 e. The van der Waals surface area contributed by atoms with Crippen LogP contribution in [0.1, 0.15) is 35.2 Å². The first-order chi connectivity index (χ1) is 10.2. The van der Waals surface area contributed by atoms with Gasteiger partial charge in [0.05, 0.1) is 5.56 Å². The van der Waals surface area contributed by atoms with Crippen LogP contribution in [-0.4, -0.2) is 23.8 Å². The Morgan fingerprint density at radius 1 is 1.14 bits per heavy atom. The molecule has 0 bridgehead atoms. The van der Waals surface area contributed by atoms with Crippen molar-refractivity contribution in [1.82, 2.24) is 5.32 Å². The minimum absolute atomic E-state index is 0.348. The Morgan fingerprint density at radius 3 is 2.62 bits per heavy atom. The predicted molar refractivity (Wildman–Crippen MR) is 85.2 cm³/mol. The second-order valence-electron chi connectivity index (χ2n) is 5.00. The van der Waals surface area contributed by atoms with Gasteiger partial charge < -0.3 is 15.8 Å². The monoisotopic (exact) mass is 284 g/mol. The summed E-state index contributed by atoms with van der Waals surface area (Å²) in [6, 6.07) is 11.2. The van der Waals surface area contributed by atoms with Crippen LogP contribution in [0.4, 0.5) is 0 Å². The van der Waals surface area contributed by atoms with E-state index in [1.807, 2.05) is 30.3 Å². The molecule has 0 saturated carbocycles. The first-order valence-corrected chi connectivity index (χ1v) is 7.17. The molecule has 2 rings (SSSR count). The van der Waals surface area contributed by atoms with Crippen molar-refractivity contribution in [3.05, 3.63) is 47.5 Å². The Labute approximate surface area is 124 Å². The average Bonchev–Trinajstić information content (AvgIpc) is 2.50. The molecule has 0 unspecified atom stereocenters. The fourth-order valence-electron chi connectivity index (χ4n) is 2.42. The lowest BCUT2D eigenvalue weighted by molar-refractivity contribution is 0.0699. The zero-order valence-corrected chi connectivity index (χ0v) is 11.9. The summed E-state index contributed by atoms with van der Waals surface area (Å²) in [5.74, 6) is -0.891. The summed E-state index contributed by atoms with van der Waals surface area (Å²) >= 11 is 0. The molecular formula is C17H20N2O2. The van der Waals surface area contributed by atoms with Crippen LogP contribution in [-0.2, 0) is 6.54 Å². The molecule has 0 aliphatic rings. The number of fused-ring (bicyclic) bond motifs is 1. The maximum atomic E-state index is 11.3. The normalized spacial score (nSPS) is 10.7. The highest BCUT2D eigenvalue weighted by Crippen LogP contribution is 2.23. The Kier molecular flexibility index (Phi) is 5.46. The van der Waals surface area contributed by atoms with Gasteiger partial charge in [0.2, 0.25) is 0 Å². The summed E-state index contributed by atoms with van der Waals surface area (Å²) < 4.78 is 0. The third-order valence-electron chi connectivity index (χ3n) is 3.51. The van der Waals surface area contributed by atoms with Gasteiger partial charge in [0.25, 0.3) is 0 Å². The topological polar surface area (TPSA) is 73.2 Å². The maximum Gasteiger partial charge on any atom is 0.336 e. The number of hydrogen-bond donors (Lipinski definition) is 3.